The minimum absolute atomic E-state index is 0.0960. The van der Waals surface area contributed by atoms with Crippen LogP contribution in [0, 0.1) is 0 Å². The van der Waals surface area contributed by atoms with E-state index in [0.717, 1.165) is 30.7 Å². The van der Waals surface area contributed by atoms with Crippen molar-refractivity contribution in [2.24, 2.45) is 0 Å². The Hall–Kier alpha value is -1.84. The van der Waals surface area contributed by atoms with E-state index < -0.39 is 0 Å². The van der Waals surface area contributed by atoms with Crippen LogP contribution >= 0.6 is 0 Å². The molecular formula is C15H18N2O2. The van der Waals surface area contributed by atoms with E-state index in [-0.39, 0.29) is 5.56 Å². The maximum Gasteiger partial charge on any atom is 0.251 e. The van der Waals surface area contributed by atoms with E-state index in [0.29, 0.717) is 17.5 Å². The number of aromatic nitrogens is 2. The Bertz CT molecular complexity index is 621. The van der Waals surface area contributed by atoms with Crippen molar-refractivity contribution in [2.75, 3.05) is 0 Å². The molecule has 2 aromatic heterocycles. The smallest absolute Gasteiger partial charge is 0.251 e. The fraction of sp³-hybridized carbons (Fsp3) is 0.467. The van der Waals surface area contributed by atoms with Crippen molar-refractivity contribution in [3.8, 4) is 11.6 Å². The first kappa shape index (κ1) is 12.2. The zero-order valence-corrected chi connectivity index (χ0v) is 11.1. The first-order chi connectivity index (χ1) is 9.26. The standard InChI is InChI=1S/C15H18N2O2/c1-2-11-7-8-13(19-11)15-16-12(9-14(18)17-15)10-5-3-4-6-10/h7-10H,2-6H2,1H3,(H,16,17,18). The van der Waals surface area contributed by atoms with Crippen LogP contribution in [0.5, 0.6) is 0 Å². The molecule has 2 heterocycles. The first-order valence-electron chi connectivity index (χ1n) is 6.96. The number of hydrogen-bond donors (Lipinski definition) is 1. The van der Waals surface area contributed by atoms with Crippen LogP contribution in [0.4, 0.5) is 0 Å². The van der Waals surface area contributed by atoms with Crippen molar-refractivity contribution in [2.45, 2.75) is 44.9 Å². The highest BCUT2D eigenvalue weighted by atomic mass is 16.3. The lowest BCUT2D eigenvalue weighted by molar-refractivity contribution is 0.524. The summed E-state index contributed by atoms with van der Waals surface area (Å²) >= 11 is 0. The molecule has 0 amide bonds. The molecular weight excluding hydrogens is 240 g/mol. The molecule has 1 aliphatic rings. The second-order valence-corrected chi connectivity index (χ2v) is 5.12. The summed E-state index contributed by atoms with van der Waals surface area (Å²) in [6.45, 7) is 2.04. The van der Waals surface area contributed by atoms with Crippen LogP contribution in [0.15, 0.2) is 27.4 Å². The second-order valence-electron chi connectivity index (χ2n) is 5.12. The minimum Gasteiger partial charge on any atom is -0.458 e. The van der Waals surface area contributed by atoms with Gasteiger partial charge in [0, 0.05) is 18.4 Å². The molecule has 0 saturated heterocycles. The summed E-state index contributed by atoms with van der Waals surface area (Å²) in [5.74, 6) is 2.54. The summed E-state index contributed by atoms with van der Waals surface area (Å²) in [6.07, 6.45) is 5.57. The molecule has 0 bridgehead atoms. The van der Waals surface area contributed by atoms with Gasteiger partial charge in [0.05, 0.1) is 5.69 Å². The molecule has 0 aliphatic heterocycles. The number of aryl methyl sites for hydroxylation is 1. The number of furan rings is 1. The summed E-state index contributed by atoms with van der Waals surface area (Å²) in [5, 5.41) is 0. The quantitative estimate of drug-likeness (QED) is 0.919. The predicted octanol–water partition coefficient (Wildman–Crippen LogP) is 3.25. The van der Waals surface area contributed by atoms with Crippen molar-refractivity contribution >= 4 is 0 Å². The van der Waals surface area contributed by atoms with Gasteiger partial charge in [-0.2, -0.15) is 0 Å². The van der Waals surface area contributed by atoms with Crippen LogP contribution in [-0.2, 0) is 6.42 Å². The van der Waals surface area contributed by atoms with Crippen molar-refractivity contribution < 1.29 is 4.42 Å². The molecule has 4 nitrogen and oxygen atoms in total. The van der Waals surface area contributed by atoms with Gasteiger partial charge in [-0.1, -0.05) is 19.8 Å². The third-order valence-electron chi connectivity index (χ3n) is 3.78. The highest BCUT2D eigenvalue weighted by Crippen LogP contribution is 2.33. The zero-order chi connectivity index (χ0) is 13.2. The van der Waals surface area contributed by atoms with Gasteiger partial charge in [0.1, 0.15) is 5.76 Å². The van der Waals surface area contributed by atoms with Crippen LogP contribution in [-0.4, -0.2) is 9.97 Å². The van der Waals surface area contributed by atoms with E-state index in [4.69, 9.17) is 4.42 Å². The van der Waals surface area contributed by atoms with E-state index in [9.17, 15) is 4.79 Å². The number of hydrogen-bond acceptors (Lipinski definition) is 3. The molecule has 1 saturated carbocycles. The lowest BCUT2D eigenvalue weighted by atomic mass is 10.0. The lowest BCUT2D eigenvalue weighted by Gasteiger charge is -2.08. The summed E-state index contributed by atoms with van der Waals surface area (Å²) in [5.41, 5.74) is 0.812. The van der Waals surface area contributed by atoms with Crippen molar-refractivity contribution in [1.29, 1.82) is 0 Å². The second kappa shape index (κ2) is 5.03. The average molecular weight is 258 g/mol. The number of H-pyrrole nitrogens is 1. The number of nitrogens with zero attached hydrogens (tertiary/aromatic N) is 1. The van der Waals surface area contributed by atoms with E-state index in [1.54, 1.807) is 6.07 Å². The molecule has 0 radical (unpaired) electrons. The molecule has 1 aliphatic carbocycles. The highest BCUT2D eigenvalue weighted by Gasteiger charge is 2.20. The summed E-state index contributed by atoms with van der Waals surface area (Å²) in [4.78, 5) is 19.1. The molecule has 0 aromatic carbocycles. The summed E-state index contributed by atoms with van der Waals surface area (Å²) in [7, 11) is 0. The van der Waals surface area contributed by atoms with E-state index in [2.05, 4.69) is 9.97 Å². The minimum atomic E-state index is -0.0960. The fourth-order valence-corrected chi connectivity index (χ4v) is 2.72. The third-order valence-corrected chi connectivity index (χ3v) is 3.78. The zero-order valence-electron chi connectivity index (χ0n) is 11.1. The van der Waals surface area contributed by atoms with Gasteiger partial charge in [-0.25, -0.2) is 4.98 Å². The Morgan fingerprint density at radius 3 is 2.84 bits per heavy atom. The molecule has 0 spiro atoms. The summed E-state index contributed by atoms with van der Waals surface area (Å²) < 4.78 is 5.66. The van der Waals surface area contributed by atoms with E-state index >= 15 is 0 Å². The number of aromatic amines is 1. The molecule has 3 rings (SSSR count). The highest BCUT2D eigenvalue weighted by molar-refractivity contribution is 5.47. The lowest BCUT2D eigenvalue weighted by Crippen LogP contribution is -2.11. The topological polar surface area (TPSA) is 58.9 Å². The van der Waals surface area contributed by atoms with E-state index in [1.165, 1.54) is 12.8 Å². The van der Waals surface area contributed by atoms with Crippen LogP contribution in [0.1, 0.15) is 50.0 Å². The van der Waals surface area contributed by atoms with Crippen molar-refractivity contribution in [3.63, 3.8) is 0 Å². The number of nitrogens with one attached hydrogen (secondary N) is 1. The fourth-order valence-electron chi connectivity index (χ4n) is 2.72. The van der Waals surface area contributed by atoms with Crippen molar-refractivity contribution in [3.05, 3.63) is 40.0 Å². The van der Waals surface area contributed by atoms with Crippen LogP contribution < -0.4 is 5.56 Å². The average Bonchev–Trinajstić information content (AvgIpc) is 3.09. The van der Waals surface area contributed by atoms with Crippen molar-refractivity contribution in [1.82, 2.24) is 9.97 Å². The van der Waals surface area contributed by atoms with Crippen LogP contribution in [0.3, 0.4) is 0 Å². The normalized spacial score (nSPS) is 16.1. The molecule has 1 fully saturated rings. The van der Waals surface area contributed by atoms with Gasteiger partial charge >= 0.3 is 0 Å². The predicted molar refractivity (Wildman–Crippen MR) is 73.1 cm³/mol. The Morgan fingerprint density at radius 1 is 1.37 bits per heavy atom. The Balaban J connectivity index is 1.99. The van der Waals surface area contributed by atoms with Gasteiger partial charge in [-0.3, -0.25) is 4.79 Å². The maximum absolute atomic E-state index is 11.8. The summed E-state index contributed by atoms with van der Waals surface area (Å²) in [6, 6.07) is 5.43. The Labute approximate surface area is 111 Å². The maximum atomic E-state index is 11.8. The first-order valence-corrected chi connectivity index (χ1v) is 6.96. The van der Waals surface area contributed by atoms with Gasteiger partial charge in [-0.05, 0) is 25.0 Å². The number of rotatable bonds is 3. The van der Waals surface area contributed by atoms with Crippen LogP contribution in [0.25, 0.3) is 11.6 Å². The van der Waals surface area contributed by atoms with Gasteiger partial charge in [0.15, 0.2) is 11.6 Å². The van der Waals surface area contributed by atoms with Gasteiger partial charge < -0.3 is 9.40 Å². The molecule has 4 heteroatoms. The largest absolute Gasteiger partial charge is 0.458 e. The molecule has 2 aromatic rings. The van der Waals surface area contributed by atoms with Crippen LogP contribution in [0.2, 0.25) is 0 Å². The monoisotopic (exact) mass is 258 g/mol. The van der Waals surface area contributed by atoms with Gasteiger partial charge in [0.2, 0.25) is 0 Å². The molecule has 1 N–H and O–H groups in total. The SMILES string of the molecule is CCc1ccc(-c2nc(C3CCCC3)cc(=O)[nH]2)o1. The Kier molecular flexibility index (Phi) is 3.23. The molecule has 0 atom stereocenters. The Morgan fingerprint density at radius 2 is 2.16 bits per heavy atom. The third kappa shape index (κ3) is 2.48. The molecule has 19 heavy (non-hydrogen) atoms. The molecule has 100 valence electrons. The van der Waals surface area contributed by atoms with Gasteiger partial charge in [-0.15, -0.1) is 0 Å². The van der Waals surface area contributed by atoms with Gasteiger partial charge in [0.25, 0.3) is 5.56 Å². The van der Waals surface area contributed by atoms with E-state index in [1.807, 2.05) is 19.1 Å². The molecule has 0 unspecified atom stereocenters.